The van der Waals surface area contributed by atoms with Crippen LogP contribution in [0, 0.1) is 5.92 Å². The van der Waals surface area contributed by atoms with Crippen molar-refractivity contribution in [3.05, 3.63) is 40.3 Å². The summed E-state index contributed by atoms with van der Waals surface area (Å²) >= 11 is 3.22. The standard InChI is InChI=1S/C22H22BrF3N4O3/c23-18-19(21(31)33-12-13-5-3-9-29-8-2-1-6-15(13)29)28-30-17(22(24,25)26)11-14(27-20(18)30)16-7-4-10-32-16/h4,7,10-11,13,15H,1-3,5-6,8-9,12H2/t13-,15-/m0/s1. The number of piperidine rings is 2. The average molecular weight is 527 g/mol. The molecule has 5 heterocycles. The molecule has 0 saturated carbocycles. The molecule has 176 valence electrons. The molecule has 0 amide bonds. The lowest BCUT2D eigenvalue weighted by Crippen LogP contribution is -2.49. The number of nitrogens with zero attached hydrogens (tertiary/aromatic N) is 4. The maximum atomic E-state index is 13.8. The summed E-state index contributed by atoms with van der Waals surface area (Å²) in [4.78, 5) is 19.5. The molecule has 3 aromatic rings. The van der Waals surface area contributed by atoms with Crippen LogP contribution in [0.1, 0.15) is 48.3 Å². The van der Waals surface area contributed by atoms with Gasteiger partial charge in [-0.15, -0.1) is 0 Å². The number of aromatic nitrogens is 3. The summed E-state index contributed by atoms with van der Waals surface area (Å²) in [5.41, 5.74) is -1.45. The van der Waals surface area contributed by atoms with Crippen LogP contribution >= 0.6 is 15.9 Å². The number of hydrogen-bond acceptors (Lipinski definition) is 6. The van der Waals surface area contributed by atoms with Gasteiger partial charge >= 0.3 is 12.1 Å². The van der Waals surface area contributed by atoms with Crippen LogP contribution in [0.3, 0.4) is 0 Å². The van der Waals surface area contributed by atoms with Crippen LogP contribution in [0.4, 0.5) is 13.2 Å². The Morgan fingerprint density at radius 2 is 2.06 bits per heavy atom. The number of ether oxygens (including phenoxy) is 1. The van der Waals surface area contributed by atoms with Crippen LogP contribution in [0.2, 0.25) is 0 Å². The molecule has 7 nitrogen and oxygen atoms in total. The second-order valence-corrected chi connectivity index (χ2v) is 9.29. The topological polar surface area (TPSA) is 72.9 Å². The van der Waals surface area contributed by atoms with Gasteiger partial charge in [0.25, 0.3) is 0 Å². The van der Waals surface area contributed by atoms with Crippen LogP contribution in [-0.2, 0) is 10.9 Å². The maximum Gasteiger partial charge on any atom is 0.433 e. The highest BCUT2D eigenvalue weighted by Crippen LogP contribution is 2.35. The van der Waals surface area contributed by atoms with E-state index in [1.165, 1.54) is 18.8 Å². The zero-order valence-electron chi connectivity index (χ0n) is 17.6. The van der Waals surface area contributed by atoms with E-state index in [0.29, 0.717) is 10.6 Å². The highest BCUT2D eigenvalue weighted by Gasteiger charge is 2.38. The number of rotatable bonds is 4. The molecular formula is C22H22BrF3N4O3. The van der Waals surface area contributed by atoms with Crippen molar-refractivity contribution in [3.63, 3.8) is 0 Å². The van der Waals surface area contributed by atoms with Gasteiger partial charge in [-0.2, -0.15) is 18.3 Å². The summed E-state index contributed by atoms with van der Waals surface area (Å²) in [6, 6.07) is 4.30. The Morgan fingerprint density at radius 3 is 2.82 bits per heavy atom. The lowest BCUT2D eigenvalue weighted by molar-refractivity contribution is -0.142. The van der Waals surface area contributed by atoms with Crippen LogP contribution in [0.25, 0.3) is 17.1 Å². The first-order valence-corrected chi connectivity index (χ1v) is 11.7. The molecule has 2 fully saturated rings. The largest absolute Gasteiger partial charge is 0.463 e. The van der Waals surface area contributed by atoms with Crippen molar-refractivity contribution in [3.8, 4) is 11.5 Å². The molecule has 3 aromatic heterocycles. The fraction of sp³-hybridized carbons (Fsp3) is 0.500. The first-order valence-electron chi connectivity index (χ1n) is 10.9. The van der Waals surface area contributed by atoms with E-state index < -0.39 is 17.8 Å². The summed E-state index contributed by atoms with van der Waals surface area (Å²) in [5, 5.41) is 3.92. The predicted molar refractivity (Wildman–Crippen MR) is 116 cm³/mol. The van der Waals surface area contributed by atoms with E-state index in [-0.39, 0.29) is 39.8 Å². The Hall–Kier alpha value is -2.40. The monoisotopic (exact) mass is 526 g/mol. The quantitative estimate of drug-likeness (QED) is 0.435. The lowest BCUT2D eigenvalue weighted by Gasteiger charge is -2.44. The summed E-state index contributed by atoms with van der Waals surface area (Å²) < 4.78 is 52.8. The minimum atomic E-state index is -4.72. The van der Waals surface area contributed by atoms with Gasteiger partial charge in [0.15, 0.2) is 22.8 Å². The second kappa shape index (κ2) is 8.75. The molecule has 2 saturated heterocycles. The molecule has 2 aliphatic rings. The van der Waals surface area contributed by atoms with Gasteiger partial charge in [-0.3, -0.25) is 4.90 Å². The highest BCUT2D eigenvalue weighted by molar-refractivity contribution is 9.10. The van der Waals surface area contributed by atoms with Crippen LogP contribution in [0.15, 0.2) is 33.4 Å². The molecule has 11 heteroatoms. The first-order chi connectivity index (χ1) is 15.8. The van der Waals surface area contributed by atoms with Crippen molar-refractivity contribution in [1.29, 1.82) is 0 Å². The number of carbonyl (C=O) groups is 1. The maximum absolute atomic E-state index is 13.8. The van der Waals surface area contributed by atoms with E-state index >= 15 is 0 Å². The normalized spacial score (nSPS) is 21.8. The van der Waals surface area contributed by atoms with Gasteiger partial charge in [-0.1, -0.05) is 6.42 Å². The van der Waals surface area contributed by atoms with Crippen molar-refractivity contribution < 1.29 is 27.1 Å². The number of carbonyl (C=O) groups excluding carboxylic acids is 1. The Labute approximate surface area is 196 Å². The van der Waals surface area contributed by atoms with Gasteiger partial charge < -0.3 is 9.15 Å². The fourth-order valence-corrected chi connectivity index (χ4v) is 5.39. The minimum Gasteiger partial charge on any atom is -0.463 e. The van der Waals surface area contributed by atoms with Gasteiger partial charge in [0.2, 0.25) is 0 Å². The van der Waals surface area contributed by atoms with Crippen LogP contribution < -0.4 is 0 Å². The molecule has 0 spiro atoms. The zero-order valence-corrected chi connectivity index (χ0v) is 19.2. The third-order valence-electron chi connectivity index (χ3n) is 6.45. The molecular weight excluding hydrogens is 505 g/mol. The van der Waals surface area contributed by atoms with Gasteiger partial charge in [-0.25, -0.2) is 14.3 Å². The third kappa shape index (κ3) is 4.28. The molecule has 2 aliphatic heterocycles. The van der Waals surface area contributed by atoms with E-state index in [9.17, 15) is 18.0 Å². The van der Waals surface area contributed by atoms with Crippen molar-refractivity contribution >= 4 is 27.5 Å². The Morgan fingerprint density at radius 1 is 1.24 bits per heavy atom. The fourth-order valence-electron chi connectivity index (χ4n) is 4.90. The summed E-state index contributed by atoms with van der Waals surface area (Å²) in [6.07, 6.45) is 2.06. The molecule has 0 unspecified atom stereocenters. The number of alkyl halides is 3. The van der Waals surface area contributed by atoms with E-state index in [0.717, 1.165) is 44.8 Å². The van der Waals surface area contributed by atoms with E-state index in [2.05, 4.69) is 30.9 Å². The van der Waals surface area contributed by atoms with Crippen molar-refractivity contribution in [2.75, 3.05) is 19.7 Å². The number of esters is 1. The molecule has 0 bridgehead atoms. The molecule has 5 rings (SSSR count). The Kier molecular flexibility index (Phi) is 5.94. The van der Waals surface area contributed by atoms with Crippen molar-refractivity contribution in [1.82, 2.24) is 19.5 Å². The van der Waals surface area contributed by atoms with Gasteiger partial charge in [0.05, 0.1) is 17.3 Å². The zero-order chi connectivity index (χ0) is 23.2. The number of fused-ring (bicyclic) bond motifs is 2. The van der Waals surface area contributed by atoms with E-state index in [4.69, 9.17) is 9.15 Å². The third-order valence-corrected chi connectivity index (χ3v) is 7.18. The summed E-state index contributed by atoms with van der Waals surface area (Å²) in [7, 11) is 0. The Bertz CT molecular complexity index is 1160. The van der Waals surface area contributed by atoms with Crippen LogP contribution in [-0.4, -0.2) is 51.2 Å². The van der Waals surface area contributed by atoms with Gasteiger partial charge in [0, 0.05) is 12.0 Å². The molecule has 0 N–H and O–H groups in total. The van der Waals surface area contributed by atoms with Crippen molar-refractivity contribution in [2.45, 2.75) is 44.3 Å². The highest BCUT2D eigenvalue weighted by atomic mass is 79.9. The number of halogens is 4. The summed E-state index contributed by atoms with van der Waals surface area (Å²) in [6.45, 7) is 2.35. The number of hydrogen-bond donors (Lipinski definition) is 0. The average Bonchev–Trinajstić information content (AvgIpc) is 3.45. The van der Waals surface area contributed by atoms with Gasteiger partial charge in [0.1, 0.15) is 5.69 Å². The van der Waals surface area contributed by atoms with Crippen molar-refractivity contribution in [2.24, 2.45) is 5.92 Å². The lowest BCUT2D eigenvalue weighted by atomic mass is 9.84. The number of furan rings is 1. The predicted octanol–water partition coefficient (Wildman–Crippen LogP) is 5.19. The smallest absolute Gasteiger partial charge is 0.433 e. The minimum absolute atomic E-state index is 0.0139. The summed E-state index contributed by atoms with van der Waals surface area (Å²) in [5.74, 6) is -0.379. The van der Waals surface area contributed by atoms with E-state index in [1.807, 2.05) is 0 Å². The molecule has 0 aromatic carbocycles. The SMILES string of the molecule is O=C(OC[C@@H]1CCCN2CCCC[C@@H]12)c1nn2c(C(F)(F)F)cc(-c3ccco3)nc2c1Br. The van der Waals surface area contributed by atoms with Crippen LogP contribution in [0.5, 0.6) is 0 Å². The Balaban J connectivity index is 1.43. The molecule has 33 heavy (non-hydrogen) atoms. The van der Waals surface area contributed by atoms with E-state index in [1.54, 1.807) is 6.07 Å². The molecule has 2 atom stereocenters. The second-order valence-electron chi connectivity index (χ2n) is 8.50. The van der Waals surface area contributed by atoms with Gasteiger partial charge in [-0.05, 0) is 72.9 Å². The molecule has 0 radical (unpaired) electrons. The first kappa shape index (κ1) is 22.4. The molecule has 0 aliphatic carbocycles.